The van der Waals surface area contributed by atoms with Crippen molar-refractivity contribution >= 4 is 5.91 Å². The van der Waals surface area contributed by atoms with Gasteiger partial charge >= 0.3 is 0 Å². The first kappa shape index (κ1) is 19.1. The molecule has 0 spiro atoms. The summed E-state index contributed by atoms with van der Waals surface area (Å²) in [6.07, 6.45) is 4.11. The molecule has 29 heavy (non-hydrogen) atoms. The van der Waals surface area contributed by atoms with Crippen LogP contribution in [0.4, 0.5) is 4.39 Å². The van der Waals surface area contributed by atoms with Crippen molar-refractivity contribution in [1.82, 2.24) is 9.88 Å². The Labute approximate surface area is 170 Å². The first-order valence-corrected chi connectivity index (χ1v) is 9.72. The lowest BCUT2D eigenvalue weighted by molar-refractivity contribution is 0.0741. The van der Waals surface area contributed by atoms with Gasteiger partial charge in [0.25, 0.3) is 5.91 Å². The molecule has 1 aromatic heterocycles. The van der Waals surface area contributed by atoms with E-state index >= 15 is 0 Å². The van der Waals surface area contributed by atoms with Crippen LogP contribution in [0, 0.1) is 19.2 Å². The summed E-state index contributed by atoms with van der Waals surface area (Å²) in [5.41, 5.74) is 3.13. The molecule has 0 aliphatic carbocycles. The van der Waals surface area contributed by atoms with Gasteiger partial charge in [-0.2, -0.15) is 0 Å². The minimum absolute atomic E-state index is 0.0566. The first-order valence-electron chi connectivity index (χ1n) is 9.72. The molecule has 1 aliphatic rings. The summed E-state index contributed by atoms with van der Waals surface area (Å²) in [5, 5.41) is 0. The van der Waals surface area contributed by atoms with Gasteiger partial charge in [-0.25, -0.2) is 4.39 Å². The van der Waals surface area contributed by atoms with E-state index in [1.807, 2.05) is 48.2 Å². The molecule has 1 radical (unpaired) electrons. The van der Waals surface area contributed by atoms with Crippen molar-refractivity contribution in [2.45, 2.75) is 19.8 Å². The third-order valence-electron chi connectivity index (χ3n) is 4.89. The number of halogens is 1. The van der Waals surface area contributed by atoms with Gasteiger partial charge in [0, 0.05) is 29.9 Å². The second-order valence-corrected chi connectivity index (χ2v) is 7.12. The third kappa shape index (κ3) is 4.62. The summed E-state index contributed by atoms with van der Waals surface area (Å²) in [7, 11) is 0. The number of carbonyl (C=O) groups is 1. The van der Waals surface area contributed by atoms with E-state index in [1.54, 1.807) is 12.1 Å². The highest BCUT2D eigenvalue weighted by molar-refractivity contribution is 5.95. The molecule has 4 nitrogen and oxygen atoms in total. The fourth-order valence-electron chi connectivity index (χ4n) is 3.41. The maximum absolute atomic E-state index is 13.0. The summed E-state index contributed by atoms with van der Waals surface area (Å²) in [6.45, 7) is 3.44. The highest BCUT2D eigenvalue weighted by Crippen LogP contribution is 2.26. The van der Waals surface area contributed by atoms with Crippen LogP contribution in [0.3, 0.4) is 0 Å². The molecule has 0 atom stereocenters. The second kappa shape index (κ2) is 8.43. The van der Waals surface area contributed by atoms with Gasteiger partial charge in [0.05, 0.1) is 5.69 Å². The number of ether oxygens (including phenoxy) is 1. The van der Waals surface area contributed by atoms with Gasteiger partial charge in [0.2, 0.25) is 0 Å². The molecule has 1 aliphatic heterocycles. The van der Waals surface area contributed by atoms with Crippen LogP contribution in [0.25, 0.3) is 11.3 Å². The number of carbonyl (C=O) groups excluding carboxylic acids is 1. The van der Waals surface area contributed by atoms with Crippen LogP contribution in [0.2, 0.25) is 0 Å². The van der Waals surface area contributed by atoms with Gasteiger partial charge in [-0.3, -0.25) is 9.78 Å². The molecular formula is C24H22FN2O2. The Kier molecular flexibility index (Phi) is 5.56. The lowest BCUT2D eigenvalue weighted by atomic mass is 10.1. The van der Waals surface area contributed by atoms with Gasteiger partial charge in [0.15, 0.2) is 0 Å². The fraction of sp³-hybridized carbons (Fsp3) is 0.208. The molecular weight excluding hydrogens is 367 g/mol. The van der Waals surface area contributed by atoms with E-state index in [0.29, 0.717) is 17.1 Å². The molecule has 3 aromatic rings. The molecule has 4 rings (SSSR count). The smallest absolute Gasteiger partial charge is 0.253 e. The molecule has 1 amide bonds. The van der Waals surface area contributed by atoms with Gasteiger partial charge in [-0.05, 0) is 86.8 Å². The number of nitrogens with zero attached hydrogens (tertiary/aromatic N) is 2. The standard InChI is InChI=1S/C24H22FN2O2/c1-17-15-19(24(28)27-13-3-2-4-14-27)16-23(26-17)18-5-9-21(10-6-18)29-22-11-7-20(25)8-12-22/h2,5-12,15-16H,3-4,13-14H2,1H3. The van der Waals surface area contributed by atoms with E-state index in [4.69, 9.17) is 4.74 Å². The van der Waals surface area contributed by atoms with Gasteiger partial charge in [-0.15, -0.1) is 0 Å². The Morgan fingerprint density at radius 1 is 0.966 bits per heavy atom. The second-order valence-electron chi connectivity index (χ2n) is 7.12. The van der Waals surface area contributed by atoms with Crippen LogP contribution in [-0.2, 0) is 0 Å². The van der Waals surface area contributed by atoms with Crippen LogP contribution in [0.1, 0.15) is 28.9 Å². The molecule has 1 saturated heterocycles. The molecule has 0 unspecified atom stereocenters. The zero-order valence-corrected chi connectivity index (χ0v) is 16.3. The number of aromatic nitrogens is 1. The summed E-state index contributed by atoms with van der Waals surface area (Å²) < 4.78 is 18.8. The topological polar surface area (TPSA) is 42.4 Å². The normalized spacial score (nSPS) is 13.9. The molecule has 0 N–H and O–H groups in total. The summed E-state index contributed by atoms with van der Waals surface area (Å²) in [4.78, 5) is 19.4. The lowest BCUT2D eigenvalue weighted by Crippen LogP contribution is -2.35. The molecule has 1 fully saturated rings. The Balaban J connectivity index is 1.54. The molecule has 2 aromatic carbocycles. The highest BCUT2D eigenvalue weighted by atomic mass is 19.1. The van der Waals surface area contributed by atoms with Gasteiger partial charge in [0.1, 0.15) is 17.3 Å². The van der Waals surface area contributed by atoms with Crippen molar-refractivity contribution in [1.29, 1.82) is 0 Å². The summed E-state index contributed by atoms with van der Waals surface area (Å²) in [5.74, 6) is 0.973. The molecule has 147 valence electrons. The number of pyridine rings is 1. The number of benzene rings is 2. The average molecular weight is 389 g/mol. The van der Waals surface area contributed by atoms with Crippen LogP contribution in [0.5, 0.6) is 11.5 Å². The van der Waals surface area contributed by atoms with E-state index in [2.05, 4.69) is 11.4 Å². The minimum atomic E-state index is -0.300. The third-order valence-corrected chi connectivity index (χ3v) is 4.89. The molecule has 0 saturated carbocycles. The maximum atomic E-state index is 13.0. The van der Waals surface area contributed by atoms with Crippen molar-refractivity contribution in [3.8, 4) is 22.8 Å². The average Bonchev–Trinajstić information content (AvgIpc) is 2.75. The van der Waals surface area contributed by atoms with Crippen molar-refractivity contribution in [2.24, 2.45) is 0 Å². The van der Waals surface area contributed by atoms with Crippen LogP contribution >= 0.6 is 0 Å². The first-order chi connectivity index (χ1) is 14.1. The number of hydrogen-bond donors (Lipinski definition) is 0. The predicted molar refractivity (Wildman–Crippen MR) is 110 cm³/mol. The number of piperidine rings is 1. The van der Waals surface area contributed by atoms with Crippen LogP contribution in [0.15, 0.2) is 60.7 Å². The van der Waals surface area contributed by atoms with Crippen molar-refractivity contribution in [3.05, 3.63) is 84.2 Å². The van der Waals surface area contributed by atoms with Gasteiger partial charge < -0.3 is 9.64 Å². The van der Waals surface area contributed by atoms with E-state index < -0.39 is 0 Å². The number of aryl methyl sites for hydroxylation is 1. The highest BCUT2D eigenvalue weighted by Gasteiger charge is 2.19. The summed E-state index contributed by atoms with van der Waals surface area (Å²) in [6, 6.07) is 17.1. The van der Waals surface area contributed by atoms with E-state index in [0.717, 1.165) is 42.9 Å². The Morgan fingerprint density at radius 3 is 2.24 bits per heavy atom. The van der Waals surface area contributed by atoms with Crippen LogP contribution < -0.4 is 4.74 Å². The largest absolute Gasteiger partial charge is 0.457 e. The van der Waals surface area contributed by atoms with E-state index in [9.17, 15) is 9.18 Å². The SMILES string of the molecule is Cc1cc(C(=O)N2CC[CH]CC2)cc(-c2ccc(Oc3ccc(F)cc3)cc2)n1. The number of hydrogen-bond acceptors (Lipinski definition) is 3. The Bertz CT molecular complexity index is 994. The zero-order chi connectivity index (χ0) is 20.2. The minimum Gasteiger partial charge on any atom is -0.457 e. The molecule has 2 heterocycles. The molecule has 5 heteroatoms. The number of likely N-dealkylation sites (tertiary alicyclic amines) is 1. The van der Waals surface area contributed by atoms with Crippen molar-refractivity contribution in [2.75, 3.05) is 13.1 Å². The van der Waals surface area contributed by atoms with Crippen molar-refractivity contribution in [3.63, 3.8) is 0 Å². The predicted octanol–water partition coefficient (Wildman–Crippen LogP) is 5.43. The Morgan fingerprint density at radius 2 is 1.59 bits per heavy atom. The zero-order valence-electron chi connectivity index (χ0n) is 16.3. The van der Waals surface area contributed by atoms with E-state index in [1.165, 1.54) is 12.1 Å². The van der Waals surface area contributed by atoms with Crippen molar-refractivity contribution < 1.29 is 13.9 Å². The number of rotatable bonds is 4. The lowest BCUT2D eigenvalue weighted by Gasteiger charge is -2.26. The van der Waals surface area contributed by atoms with Gasteiger partial charge in [-0.1, -0.05) is 0 Å². The maximum Gasteiger partial charge on any atom is 0.253 e. The van der Waals surface area contributed by atoms with E-state index in [-0.39, 0.29) is 11.7 Å². The quantitative estimate of drug-likeness (QED) is 0.598. The fourth-order valence-corrected chi connectivity index (χ4v) is 3.41. The summed E-state index contributed by atoms with van der Waals surface area (Å²) >= 11 is 0. The van der Waals surface area contributed by atoms with Crippen LogP contribution in [-0.4, -0.2) is 28.9 Å². The number of amides is 1. The monoisotopic (exact) mass is 389 g/mol. The molecule has 0 bridgehead atoms. The Hall–Kier alpha value is -3.21.